The summed E-state index contributed by atoms with van der Waals surface area (Å²) in [7, 11) is 1.62. The predicted octanol–water partition coefficient (Wildman–Crippen LogP) is 2.81. The van der Waals surface area contributed by atoms with Crippen molar-refractivity contribution in [3.63, 3.8) is 0 Å². The summed E-state index contributed by atoms with van der Waals surface area (Å²) in [5, 5.41) is 0. The number of amides is 2. The van der Waals surface area contributed by atoms with E-state index >= 15 is 0 Å². The minimum atomic E-state index is -0.248. The molecule has 0 spiro atoms. The van der Waals surface area contributed by atoms with Crippen LogP contribution < -0.4 is 0 Å². The van der Waals surface area contributed by atoms with E-state index in [4.69, 9.17) is 0 Å². The molecule has 0 fully saturated rings. The number of benzene rings is 2. The van der Waals surface area contributed by atoms with Crippen molar-refractivity contribution < 1.29 is 9.59 Å². The number of likely N-dealkylation sites (N-methyl/N-ethyl adjacent to an activating group) is 1. The van der Waals surface area contributed by atoms with Crippen molar-refractivity contribution >= 4 is 11.8 Å². The summed E-state index contributed by atoms with van der Waals surface area (Å²) in [5.41, 5.74) is 3.52. The molecule has 1 heterocycles. The molecule has 0 aliphatic carbocycles. The molecule has 0 saturated carbocycles. The fourth-order valence-corrected chi connectivity index (χ4v) is 3.36. The molecule has 2 amide bonds. The van der Waals surface area contributed by atoms with Gasteiger partial charge in [-0.05, 0) is 29.2 Å². The summed E-state index contributed by atoms with van der Waals surface area (Å²) in [5.74, 6) is -0.303. The van der Waals surface area contributed by atoms with E-state index < -0.39 is 0 Å². The molecule has 0 unspecified atom stereocenters. The molecule has 0 bridgehead atoms. The van der Waals surface area contributed by atoms with Crippen LogP contribution in [0.4, 0.5) is 0 Å². The minimum absolute atomic E-state index is 0.0519. The molecule has 2 aromatic carbocycles. The standard InChI is InChI=1S/C21H22N2O2/c1-3-19(24)22(2)15-20(25)23-14-13-16-9-7-8-12-18(16)21(23)17-10-5-4-6-11-17/h3-12,21H,1,13-15H2,2H3/t21-/m0/s1. The van der Waals surface area contributed by atoms with Crippen LogP contribution in [0, 0.1) is 0 Å². The van der Waals surface area contributed by atoms with Gasteiger partial charge in [0.05, 0.1) is 12.6 Å². The number of hydrogen-bond donors (Lipinski definition) is 0. The third-order valence-electron chi connectivity index (χ3n) is 4.64. The first-order valence-electron chi connectivity index (χ1n) is 8.41. The largest absolute Gasteiger partial charge is 0.333 e. The summed E-state index contributed by atoms with van der Waals surface area (Å²) in [6.07, 6.45) is 2.05. The maximum absolute atomic E-state index is 12.9. The van der Waals surface area contributed by atoms with Gasteiger partial charge in [0.25, 0.3) is 0 Å². The smallest absolute Gasteiger partial charge is 0.246 e. The van der Waals surface area contributed by atoms with E-state index in [-0.39, 0.29) is 24.4 Å². The second-order valence-electron chi connectivity index (χ2n) is 6.25. The van der Waals surface area contributed by atoms with Gasteiger partial charge in [-0.15, -0.1) is 0 Å². The average molecular weight is 334 g/mol. The van der Waals surface area contributed by atoms with Gasteiger partial charge in [0, 0.05) is 13.6 Å². The topological polar surface area (TPSA) is 40.6 Å². The maximum Gasteiger partial charge on any atom is 0.246 e. The van der Waals surface area contributed by atoms with Gasteiger partial charge >= 0.3 is 0 Å². The fraction of sp³-hybridized carbons (Fsp3) is 0.238. The summed E-state index contributed by atoms with van der Waals surface area (Å²) in [6.45, 7) is 4.17. The molecular formula is C21H22N2O2. The molecule has 128 valence electrons. The highest BCUT2D eigenvalue weighted by Gasteiger charge is 2.32. The Labute approximate surface area is 148 Å². The molecule has 0 radical (unpaired) electrons. The number of nitrogens with zero attached hydrogens (tertiary/aromatic N) is 2. The number of carbonyl (C=O) groups is 2. The number of rotatable bonds is 4. The zero-order valence-corrected chi connectivity index (χ0v) is 14.4. The quantitative estimate of drug-likeness (QED) is 0.807. The molecule has 0 aromatic heterocycles. The molecule has 1 atom stereocenters. The maximum atomic E-state index is 12.9. The second-order valence-corrected chi connectivity index (χ2v) is 6.25. The van der Waals surface area contributed by atoms with Crippen molar-refractivity contribution in [2.45, 2.75) is 12.5 Å². The van der Waals surface area contributed by atoms with E-state index in [1.165, 1.54) is 16.5 Å². The van der Waals surface area contributed by atoms with E-state index in [1.807, 2.05) is 47.4 Å². The van der Waals surface area contributed by atoms with Crippen molar-refractivity contribution in [2.75, 3.05) is 20.1 Å². The summed E-state index contributed by atoms with van der Waals surface area (Å²) < 4.78 is 0. The normalized spacial score (nSPS) is 16.0. The van der Waals surface area contributed by atoms with Gasteiger partial charge < -0.3 is 9.80 Å². The average Bonchev–Trinajstić information content (AvgIpc) is 2.66. The lowest BCUT2D eigenvalue weighted by molar-refractivity contribution is -0.138. The van der Waals surface area contributed by atoms with Gasteiger partial charge in [-0.25, -0.2) is 0 Å². The van der Waals surface area contributed by atoms with E-state index in [2.05, 4.69) is 18.7 Å². The van der Waals surface area contributed by atoms with Gasteiger partial charge in [-0.2, -0.15) is 0 Å². The van der Waals surface area contributed by atoms with Crippen molar-refractivity contribution in [3.05, 3.63) is 83.9 Å². The predicted molar refractivity (Wildman–Crippen MR) is 98.0 cm³/mol. The Hall–Kier alpha value is -2.88. The van der Waals surface area contributed by atoms with Crippen LogP contribution in [0.25, 0.3) is 0 Å². The Morgan fingerprint density at radius 1 is 1.16 bits per heavy atom. The molecule has 4 nitrogen and oxygen atoms in total. The summed E-state index contributed by atoms with van der Waals surface area (Å²) >= 11 is 0. The van der Waals surface area contributed by atoms with Crippen molar-refractivity contribution in [3.8, 4) is 0 Å². The Morgan fingerprint density at radius 3 is 2.56 bits per heavy atom. The van der Waals surface area contributed by atoms with E-state index in [0.717, 1.165) is 17.5 Å². The first kappa shape index (κ1) is 17.0. The Kier molecular flexibility index (Phi) is 4.98. The van der Waals surface area contributed by atoms with Crippen LogP contribution in [-0.2, 0) is 16.0 Å². The molecule has 4 heteroatoms. The Bertz CT molecular complexity index is 785. The van der Waals surface area contributed by atoms with Gasteiger partial charge in [0.2, 0.25) is 11.8 Å². The summed E-state index contributed by atoms with van der Waals surface area (Å²) in [4.78, 5) is 27.9. The van der Waals surface area contributed by atoms with Crippen LogP contribution in [0.2, 0.25) is 0 Å². The SMILES string of the molecule is C=CC(=O)N(C)CC(=O)N1CCc2ccccc2[C@@H]1c1ccccc1. The number of carbonyl (C=O) groups excluding carboxylic acids is 2. The first-order valence-corrected chi connectivity index (χ1v) is 8.41. The second kappa shape index (κ2) is 7.34. The van der Waals surface area contributed by atoms with Crippen LogP contribution in [0.5, 0.6) is 0 Å². The monoisotopic (exact) mass is 334 g/mol. The zero-order valence-electron chi connectivity index (χ0n) is 14.4. The lowest BCUT2D eigenvalue weighted by Gasteiger charge is -2.38. The first-order chi connectivity index (χ1) is 12.1. The fourth-order valence-electron chi connectivity index (χ4n) is 3.36. The minimum Gasteiger partial charge on any atom is -0.333 e. The summed E-state index contributed by atoms with van der Waals surface area (Å²) in [6, 6.07) is 18.2. The van der Waals surface area contributed by atoms with Gasteiger partial charge in [0.15, 0.2) is 0 Å². The van der Waals surface area contributed by atoms with Crippen molar-refractivity contribution in [1.29, 1.82) is 0 Å². The lowest BCUT2D eigenvalue weighted by atomic mass is 9.88. The van der Waals surface area contributed by atoms with E-state index in [0.29, 0.717) is 6.54 Å². The van der Waals surface area contributed by atoms with Crippen LogP contribution in [0.1, 0.15) is 22.7 Å². The molecule has 0 saturated heterocycles. The van der Waals surface area contributed by atoms with Crippen molar-refractivity contribution in [1.82, 2.24) is 9.80 Å². The molecule has 0 N–H and O–H groups in total. The zero-order chi connectivity index (χ0) is 17.8. The lowest BCUT2D eigenvalue weighted by Crippen LogP contribution is -2.45. The molecular weight excluding hydrogens is 312 g/mol. The van der Waals surface area contributed by atoms with Crippen LogP contribution >= 0.6 is 0 Å². The van der Waals surface area contributed by atoms with Crippen LogP contribution in [0.15, 0.2) is 67.3 Å². The van der Waals surface area contributed by atoms with E-state index in [1.54, 1.807) is 7.05 Å². The third kappa shape index (κ3) is 3.48. The number of hydrogen-bond acceptors (Lipinski definition) is 2. The van der Waals surface area contributed by atoms with E-state index in [9.17, 15) is 9.59 Å². The van der Waals surface area contributed by atoms with Crippen molar-refractivity contribution in [2.24, 2.45) is 0 Å². The Balaban J connectivity index is 1.94. The van der Waals surface area contributed by atoms with Gasteiger partial charge in [-0.3, -0.25) is 9.59 Å². The molecule has 3 rings (SSSR count). The molecule has 1 aliphatic rings. The molecule has 2 aromatic rings. The molecule has 25 heavy (non-hydrogen) atoms. The molecule has 1 aliphatic heterocycles. The van der Waals surface area contributed by atoms with Crippen LogP contribution in [0.3, 0.4) is 0 Å². The highest BCUT2D eigenvalue weighted by atomic mass is 16.2. The highest BCUT2D eigenvalue weighted by Crippen LogP contribution is 2.35. The third-order valence-corrected chi connectivity index (χ3v) is 4.64. The van der Waals surface area contributed by atoms with Gasteiger partial charge in [-0.1, -0.05) is 61.2 Å². The highest BCUT2D eigenvalue weighted by molar-refractivity contribution is 5.91. The van der Waals surface area contributed by atoms with Gasteiger partial charge in [0.1, 0.15) is 0 Å². The Morgan fingerprint density at radius 2 is 1.84 bits per heavy atom. The number of fused-ring (bicyclic) bond motifs is 1. The van der Waals surface area contributed by atoms with Crippen LogP contribution in [-0.4, -0.2) is 41.8 Å².